The van der Waals surface area contributed by atoms with E-state index >= 15 is 0 Å². The number of aromatic nitrogens is 1. The van der Waals surface area contributed by atoms with Crippen LogP contribution in [0.4, 0.5) is 0 Å². The van der Waals surface area contributed by atoms with Gasteiger partial charge in [-0.1, -0.05) is 6.92 Å². The Hall–Kier alpha value is -0.940. The van der Waals surface area contributed by atoms with Crippen LogP contribution in [0.5, 0.6) is 0 Å². The van der Waals surface area contributed by atoms with Crippen molar-refractivity contribution in [3.05, 3.63) is 16.1 Å². The van der Waals surface area contributed by atoms with Gasteiger partial charge >= 0.3 is 5.97 Å². The lowest BCUT2D eigenvalue weighted by atomic mass is 10.0. The van der Waals surface area contributed by atoms with Crippen LogP contribution in [0.1, 0.15) is 29.7 Å². The highest BCUT2D eigenvalue weighted by Gasteiger charge is 2.17. The molecule has 0 bridgehead atoms. The van der Waals surface area contributed by atoms with Gasteiger partial charge in [-0.05, 0) is 25.3 Å². The van der Waals surface area contributed by atoms with E-state index in [4.69, 9.17) is 5.11 Å². The van der Waals surface area contributed by atoms with Crippen LogP contribution in [-0.2, 0) is 17.8 Å². The largest absolute Gasteiger partial charge is 0.481 e. The Balaban J connectivity index is 1.89. The predicted octanol–water partition coefficient (Wildman–Crippen LogP) is 2.00. The molecule has 0 spiro atoms. The summed E-state index contributed by atoms with van der Waals surface area (Å²) >= 11 is 1.52. The molecular weight excluding hydrogens is 236 g/mol. The number of piperidine rings is 1. The summed E-state index contributed by atoms with van der Waals surface area (Å²) < 4.78 is 0. The summed E-state index contributed by atoms with van der Waals surface area (Å²) in [7, 11) is 0. The van der Waals surface area contributed by atoms with Gasteiger partial charge in [0.15, 0.2) is 0 Å². The highest BCUT2D eigenvalue weighted by atomic mass is 32.1. The van der Waals surface area contributed by atoms with Crippen LogP contribution >= 0.6 is 11.3 Å². The van der Waals surface area contributed by atoms with Crippen molar-refractivity contribution >= 4 is 17.3 Å². The summed E-state index contributed by atoms with van der Waals surface area (Å²) in [5, 5.41) is 9.74. The Morgan fingerprint density at radius 2 is 2.53 bits per heavy atom. The maximum absolute atomic E-state index is 10.6. The molecule has 1 aromatic heterocycles. The van der Waals surface area contributed by atoms with Gasteiger partial charge in [0.2, 0.25) is 0 Å². The van der Waals surface area contributed by atoms with Gasteiger partial charge in [-0.3, -0.25) is 9.69 Å². The molecule has 1 unspecified atom stereocenters. The number of hydrogen-bond acceptors (Lipinski definition) is 4. The van der Waals surface area contributed by atoms with E-state index in [1.54, 1.807) is 6.20 Å². The number of carboxylic acids is 1. The van der Waals surface area contributed by atoms with E-state index in [0.717, 1.165) is 35.4 Å². The second-order valence-electron chi connectivity index (χ2n) is 4.77. The Bertz CT molecular complexity index is 392. The van der Waals surface area contributed by atoms with E-state index in [9.17, 15) is 4.79 Å². The summed E-state index contributed by atoms with van der Waals surface area (Å²) in [6.07, 6.45) is 4.36. The summed E-state index contributed by atoms with van der Waals surface area (Å²) in [5.74, 6) is -0.0194. The number of rotatable bonds is 4. The molecule has 1 atom stereocenters. The number of thiazole rings is 1. The fourth-order valence-electron chi connectivity index (χ4n) is 2.27. The van der Waals surface area contributed by atoms with Gasteiger partial charge in [0.05, 0.1) is 13.0 Å². The van der Waals surface area contributed by atoms with E-state index < -0.39 is 5.97 Å². The van der Waals surface area contributed by atoms with E-state index in [-0.39, 0.29) is 6.42 Å². The first kappa shape index (κ1) is 12.5. The minimum Gasteiger partial charge on any atom is -0.481 e. The van der Waals surface area contributed by atoms with E-state index in [1.807, 2.05) is 0 Å². The molecule has 2 rings (SSSR count). The molecule has 2 heterocycles. The molecule has 0 saturated carbocycles. The highest BCUT2D eigenvalue weighted by molar-refractivity contribution is 7.11. The van der Waals surface area contributed by atoms with E-state index in [0.29, 0.717) is 0 Å². The lowest BCUT2D eigenvalue weighted by Gasteiger charge is -2.29. The number of nitrogens with zero attached hydrogens (tertiary/aromatic N) is 2. The van der Waals surface area contributed by atoms with Crippen LogP contribution in [-0.4, -0.2) is 34.0 Å². The average Bonchev–Trinajstić information content (AvgIpc) is 2.64. The third-order valence-corrected chi connectivity index (χ3v) is 4.01. The summed E-state index contributed by atoms with van der Waals surface area (Å²) in [5.41, 5.74) is 0. The molecule has 1 aromatic rings. The standard InChI is InChI=1S/C12H18N2O2S/c1-9-3-2-4-14(7-9)8-11-13-6-10(17-11)5-12(15)16/h6,9H,2-5,7-8H2,1H3,(H,15,16). The fraction of sp³-hybridized carbons (Fsp3) is 0.667. The van der Waals surface area contributed by atoms with Crippen molar-refractivity contribution in [2.45, 2.75) is 32.7 Å². The fourth-order valence-corrected chi connectivity index (χ4v) is 3.23. The molecule has 0 amide bonds. The highest BCUT2D eigenvalue weighted by Crippen LogP contribution is 2.20. The van der Waals surface area contributed by atoms with Crippen LogP contribution in [0, 0.1) is 5.92 Å². The monoisotopic (exact) mass is 254 g/mol. The van der Waals surface area contributed by atoms with Crippen LogP contribution in [0.15, 0.2) is 6.20 Å². The second-order valence-corrected chi connectivity index (χ2v) is 5.97. The van der Waals surface area contributed by atoms with Crippen molar-refractivity contribution in [1.29, 1.82) is 0 Å². The zero-order valence-corrected chi connectivity index (χ0v) is 10.9. The first-order valence-corrected chi connectivity index (χ1v) is 6.83. The maximum atomic E-state index is 10.6. The van der Waals surface area contributed by atoms with Gasteiger partial charge in [0.1, 0.15) is 5.01 Å². The average molecular weight is 254 g/mol. The number of aliphatic carboxylic acids is 1. The summed E-state index contributed by atoms with van der Waals surface area (Å²) in [6, 6.07) is 0. The van der Waals surface area contributed by atoms with Crippen molar-refractivity contribution in [3.8, 4) is 0 Å². The molecule has 0 radical (unpaired) electrons. The van der Waals surface area contributed by atoms with Gasteiger partial charge in [-0.25, -0.2) is 4.98 Å². The van der Waals surface area contributed by atoms with Crippen LogP contribution in [0.2, 0.25) is 0 Å². The van der Waals surface area contributed by atoms with Crippen molar-refractivity contribution < 1.29 is 9.90 Å². The number of hydrogen-bond donors (Lipinski definition) is 1. The minimum atomic E-state index is -0.785. The second kappa shape index (κ2) is 5.60. The third kappa shape index (κ3) is 3.78. The van der Waals surface area contributed by atoms with Gasteiger partial charge in [0.25, 0.3) is 0 Å². The zero-order valence-electron chi connectivity index (χ0n) is 10.1. The molecule has 1 saturated heterocycles. The number of carbonyl (C=O) groups is 1. The quantitative estimate of drug-likeness (QED) is 0.893. The molecule has 1 fully saturated rings. The van der Waals surface area contributed by atoms with Gasteiger partial charge in [0, 0.05) is 17.6 Å². The van der Waals surface area contributed by atoms with Gasteiger partial charge < -0.3 is 5.11 Å². The molecule has 0 aromatic carbocycles. The third-order valence-electron chi connectivity index (χ3n) is 3.03. The summed E-state index contributed by atoms with van der Waals surface area (Å²) in [4.78, 5) is 18.1. The Morgan fingerprint density at radius 1 is 1.71 bits per heavy atom. The lowest BCUT2D eigenvalue weighted by Crippen LogP contribution is -2.33. The first-order valence-electron chi connectivity index (χ1n) is 6.01. The molecule has 5 heteroatoms. The van der Waals surface area contributed by atoms with Crippen LogP contribution in [0.25, 0.3) is 0 Å². The van der Waals surface area contributed by atoms with Crippen LogP contribution in [0.3, 0.4) is 0 Å². The minimum absolute atomic E-state index is 0.0913. The van der Waals surface area contributed by atoms with Crippen molar-refractivity contribution in [2.24, 2.45) is 5.92 Å². The normalized spacial score (nSPS) is 21.6. The maximum Gasteiger partial charge on any atom is 0.308 e. The molecule has 1 aliphatic heterocycles. The summed E-state index contributed by atoms with van der Waals surface area (Å²) in [6.45, 7) is 5.42. The predicted molar refractivity (Wildman–Crippen MR) is 67.1 cm³/mol. The van der Waals surface area contributed by atoms with Crippen molar-refractivity contribution in [1.82, 2.24) is 9.88 Å². The Morgan fingerprint density at radius 3 is 3.24 bits per heavy atom. The first-order chi connectivity index (χ1) is 8.13. The molecule has 1 aliphatic rings. The Kier molecular flexibility index (Phi) is 4.12. The molecule has 17 heavy (non-hydrogen) atoms. The lowest BCUT2D eigenvalue weighted by molar-refractivity contribution is -0.136. The van der Waals surface area contributed by atoms with E-state index in [2.05, 4.69) is 16.8 Å². The van der Waals surface area contributed by atoms with Gasteiger partial charge in [-0.15, -0.1) is 11.3 Å². The Labute approximate surface area is 105 Å². The SMILES string of the molecule is CC1CCCN(Cc2ncc(CC(=O)O)s2)C1. The smallest absolute Gasteiger partial charge is 0.308 e. The van der Waals surface area contributed by atoms with Crippen molar-refractivity contribution in [3.63, 3.8) is 0 Å². The molecule has 1 N–H and O–H groups in total. The molecular formula is C12H18N2O2S. The van der Waals surface area contributed by atoms with Crippen molar-refractivity contribution in [2.75, 3.05) is 13.1 Å². The molecule has 94 valence electrons. The van der Waals surface area contributed by atoms with E-state index in [1.165, 1.54) is 24.2 Å². The number of carboxylic acid groups (broad SMARTS) is 1. The number of likely N-dealkylation sites (tertiary alicyclic amines) is 1. The van der Waals surface area contributed by atoms with Gasteiger partial charge in [-0.2, -0.15) is 0 Å². The topological polar surface area (TPSA) is 53.4 Å². The zero-order chi connectivity index (χ0) is 12.3. The molecule has 0 aliphatic carbocycles. The van der Waals surface area contributed by atoms with Crippen LogP contribution < -0.4 is 0 Å². The molecule has 4 nitrogen and oxygen atoms in total.